The zero-order valence-corrected chi connectivity index (χ0v) is 19.9. The van der Waals surface area contributed by atoms with Crippen LogP contribution >= 0.6 is 0 Å². The number of hydrogen-bond acceptors (Lipinski definition) is 2. The van der Waals surface area contributed by atoms with Crippen LogP contribution in [-0.2, 0) is 4.84 Å². The van der Waals surface area contributed by atoms with E-state index in [0.717, 1.165) is 48.3 Å². The summed E-state index contributed by atoms with van der Waals surface area (Å²) in [5.74, 6) is 11.0. The molecule has 0 aromatic carbocycles. The second kappa shape index (κ2) is 8.30. The Kier molecular flexibility index (Phi) is 6.26. The fourth-order valence-corrected chi connectivity index (χ4v) is 8.77. The monoisotopic (exact) mass is 401 g/mol. The lowest BCUT2D eigenvalue weighted by Crippen LogP contribution is -2.51. The first-order chi connectivity index (χ1) is 13.8. The molecule has 4 aliphatic carbocycles. The Bertz CT molecular complexity index is 612. The molecule has 3 fully saturated rings. The predicted molar refractivity (Wildman–Crippen MR) is 122 cm³/mol. The lowest BCUT2D eigenvalue weighted by atomic mass is 9.47. The maximum atomic E-state index is 5.55. The molecule has 3 saturated carbocycles. The molecule has 8 unspecified atom stereocenters. The van der Waals surface area contributed by atoms with Gasteiger partial charge in [0.05, 0.1) is 6.10 Å². The van der Waals surface area contributed by atoms with Gasteiger partial charge in [-0.3, -0.25) is 0 Å². The lowest BCUT2D eigenvalue weighted by molar-refractivity contribution is -0.0643. The molecule has 2 nitrogen and oxygen atoms in total. The van der Waals surface area contributed by atoms with Crippen molar-refractivity contribution in [1.82, 2.24) is 0 Å². The van der Waals surface area contributed by atoms with Gasteiger partial charge in [-0.1, -0.05) is 65.5 Å². The molecule has 0 aromatic heterocycles. The zero-order chi connectivity index (χ0) is 20.8. The van der Waals surface area contributed by atoms with E-state index in [9.17, 15) is 0 Å². The number of hydrogen-bond donors (Lipinski definition) is 1. The lowest BCUT2D eigenvalue weighted by Gasteiger charge is -2.58. The highest BCUT2D eigenvalue weighted by atomic mass is 16.6. The summed E-state index contributed by atoms with van der Waals surface area (Å²) in [4.78, 5) is 5.25. The highest BCUT2D eigenvalue weighted by Gasteiger charge is 2.59. The van der Waals surface area contributed by atoms with Gasteiger partial charge in [0.25, 0.3) is 0 Å². The van der Waals surface area contributed by atoms with Crippen LogP contribution in [0.2, 0.25) is 0 Å². The number of allylic oxidation sites excluding steroid dienone is 1. The average molecular weight is 402 g/mol. The molecule has 0 spiro atoms. The molecule has 0 aromatic rings. The molecule has 8 atom stereocenters. The van der Waals surface area contributed by atoms with Gasteiger partial charge >= 0.3 is 0 Å². The summed E-state index contributed by atoms with van der Waals surface area (Å²) in [6, 6.07) is 0. The Hall–Kier alpha value is -0.340. The van der Waals surface area contributed by atoms with Crippen LogP contribution in [0.4, 0.5) is 0 Å². The molecule has 166 valence electrons. The quantitative estimate of drug-likeness (QED) is 0.375. The van der Waals surface area contributed by atoms with E-state index in [0.29, 0.717) is 10.8 Å². The zero-order valence-electron chi connectivity index (χ0n) is 19.9. The maximum absolute atomic E-state index is 5.55. The van der Waals surface area contributed by atoms with Crippen molar-refractivity contribution in [2.75, 3.05) is 0 Å². The van der Waals surface area contributed by atoms with Crippen LogP contribution in [0.1, 0.15) is 105 Å². The van der Waals surface area contributed by atoms with Gasteiger partial charge in [0.15, 0.2) is 0 Å². The minimum Gasteiger partial charge on any atom is -0.301 e. The number of nitrogens with two attached hydrogens (primary N) is 1. The van der Waals surface area contributed by atoms with Crippen molar-refractivity contribution in [2.45, 2.75) is 111 Å². The maximum Gasteiger partial charge on any atom is 0.0824 e. The summed E-state index contributed by atoms with van der Waals surface area (Å²) in [5.41, 5.74) is 2.69. The van der Waals surface area contributed by atoms with E-state index in [-0.39, 0.29) is 6.10 Å². The summed E-state index contributed by atoms with van der Waals surface area (Å²) in [5, 5.41) is 0. The number of rotatable bonds is 6. The molecule has 0 bridgehead atoms. The molecule has 2 heteroatoms. The van der Waals surface area contributed by atoms with Crippen LogP contribution in [0, 0.1) is 46.3 Å². The molecule has 0 aliphatic heterocycles. The Morgan fingerprint density at radius 1 is 1.03 bits per heavy atom. The van der Waals surface area contributed by atoms with E-state index in [1.807, 2.05) is 0 Å². The third-order valence-corrected chi connectivity index (χ3v) is 10.5. The third kappa shape index (κ3) is 3.75. The van der Waals surface area contributed by atoms with Crippen molar-refractivity contribution < 1.29 is 4.84 Å². The molecular weight excluding hydrogens is 354 g/mol. The third-order valence-electron chi connectivity index (χ3n) is 10.5. The molecule has 0 radical (unpaired) electrons. The SMILES string of the molecule is CC(C)CCCC(C)C1CCC2C3CC=C4CC(ON)CCC4(C)C3CCC12C. The first-order valence-corrected chi connectivity index (χ1v) is 12.8. The van der Waals surface area contributed by atoms with E-state index >= 15 is 0 Å². The van der Waals surface area contributed by atoms with E-state index < -0.39 is 0 Å². The van der Waals surface area contributed by atoms with Gasteiger partial charge < -0.3 is 4.84 Å². The molecule has 0 amide bonds. The molecule has 0 saturated heterocycles. The van der Waals surface area contributed by atoms with Crippen molar-refractivity contribution in [3.8, 4) is 0 Å². The fraction of sp³-hybridized carbons (Fsp3) is 0.926. The predicted octanol–water partition coefficient (Wildman–Crippen LogP) is 7.29. The van der Waals surface area contributed by atoms with E-state index in [4.69, 9.17) is 10.7 Å². The average Bonchev–Trinajstić information content (AvgIpc) is 3.04. The van der Waals surface area contributed by atoms with Crippen molar-refractivity contribution >= 4 is 0 Å². The Morgan fingerprint density at radius 2 is 1.83 bits per heavy atom. The molecule has 0 heterocycles. The smallest absolute Gasteiger partial charge is 0.0824 e. The summed E-state index contributed by atoms with van der Waals surface area (Å²) in [6.45, 7) is 12.6. The van der Waals surface area contributed by atoms with Crippen molar-refractivity contribution in [2.24, 2.45) is 52.2 Å². The molecule has 29 heavy (non-hydrogen) atoms. The van der Waals surface area contributed by atoms with Crippen molar-refractivity contribution in [3.05, 3.63) is 11.6 Å². The van der Waals surface area contributed by atoms with Gasteiger partial charge in [0, 0.05) is 0 Å². The van der Waals surface area contributed by atoms with Gasteiger partial charge in [-0.25, -0.2) is 5.90 Å². The van der Waals surface area contributed by atoms with Crippen LogP contribution in [0.3, 0.4) is 0 Å². The second-order valence-electron chi connectivity index (χ2n) is 12.3. The first kappa shape index (κ1) is 21.9. The van der Waals surface area contributed by atoms with Gasteiger partial charge in [0.2, 0.25) is 0 Å². The highest BCUT2D eigenvalue weighted by Crippen LogP contribution is 2.67. The van der Waals surface area contributed by atoms with Crippen LogP contribution in [0.25, 0.3) is 0 Å². The van der Waals surface area contributed by atoms with Crippen molar-refractivity contribution in [1.29, 1.82) is 0 Å². The van der Waals surface area contributed by atoms with Gasteiger partial charge in [0.1, 0.15) is 0 Å². The van der Waals surface area contributed by atoms with Crippen LogP contribution in [-0.4, -0.2) is 6.10 Å². The Balaban J connectivity index is 1.48. The molecule has 4 aliphatic rings. The van der Waals surface area contributed by atoms with Crippen LogP contribution < -0.4 is 5.90 Å². The summed E-state index contributed by atoms with van der Waals surface area (Å²) in [7, 11) is 0. The van der Waals surface area contributed by atoms with Gasteiger partial charge in [-0.05, 0) is 97.7 Å². The normalized spacial score (nSPS) is 45.3. The van der Waals surface area contributed by atoms with Crippen LogP contribution in [0.15, 0.2) is 11.6 Å². The largest absolute Gasteiger partial charge is 0.301 e. The van der Waals surface area contributed by atoms with E-state index in [1.165, 1.54) is 57.8 Å². The van der Waals surface area contributed by atoms with E-state index in [1.54, 1.807) is 5.57 Å². The molecular formula is C27H47NO. The summed E-state index contributed by atoms with van der Waals surface area (Å²) < 4.78 is 0. The van der Waals surface area contributed by atoms with Gasteiger partial charge in [-0.15, -0.1) is 0 Å². The molecule has 4 rings (SSSR count). The molecule has 2 N–H and O–H groups in total. The first-order valence-electron chi connectivity index (χ1n) is 12.8. The summed E-state index contributed by atoms with van der Waals surface area (Å²) >= 11 is 0. The second-order valence-corrected chi connectivity index (χ2v) is 12.3. The Morgan fingerprint density at radius 3 is 2.55 bits per heavy atom. The van der Waals surface area contributed by atoms with Crippen molar-refractivity contribution in [3.63, 3.8) is 0 Å². The van der Waals surface area contributed by atoms with E-state index in [2.05, 4.69) is 40.7 Å². The summed E-state index contributed by atoms with van der Waals surface area (Å²) in [6.07, 6.45) is 17.9. The minimum absolute atomic E-state index is 0.252. The standard InChI is InChI=1S/C27H47NO/c1-18(2)7-6-8-19(3)23-11-12-24-22-10-9-20-17-21(29-28)13-15-26(20,4)25(22)14-16-27(23,24)5/h9,18-19,21-25H,6-8,10-17,28H2,1-5H3. The number of fused-ring (bicyclic) bond motifs is 5. The van der Waals surface area contributed by atoms with Crippen LogP contribution in [0.5, 0.6) is 0 Å². The highest BCUT2D eigenvalue weighted by molar-refractivity contribution is 5.25. The minimum atomic E-state index is 0.252. The topological polar surface area (TPSA) is 35.2 Å². The fourth-order valence-electron chi connectivity index (χ4n) is 8.77. The Labute approximate surface area is 180 Å². The van der Waals surface area contributed by atoms with Gasteiger partial charge in [-0.2, -0.15) is 0 Å².